The van der Waals surface area contributed by atoms with Gasteiger partial charge in [0, 0.05) is 70.3 Å². The molecule has 1 aliphatic rings. The molecule has 20 heteroatoms. The molecule has 1 fully saturated rings. The van der Waals surface area contributed by atoms with Crippen molar-refractivity contribution in [3.05, 3.63) is 47.7 Å². The van der Waals surface area contributed by atoms with Gasteiger partial charge < -0.3 is 65.1 Å². The normalized spacial score (nSPS) is 13.3. The van der Waals surface area contributed by atoms with Crippen molar-refractivity contribution in [2.45, 2.75) is 143 Å². The van der Waals surface area contributed by atoms with Gasteiger partial charge >= 0.3 is 68.9 Å². The van der Waals surface area contributed by atoms with Crippen molar-refractivity contribution in [3.8, 4) is 12.3 Å². The zero-order valence-electron chi connectivity index (χ0n) is 44.0. The summed E-state index contributed by atoms with van der Waals surface area (Å²) in [7, 11) is 4.34. The average Bonchev–Trinajstić information content (AvgIpc) is 4.11. The third-order valence-corrected chi connectivity index (χ3v) is 11.7. The Morgan fingerprint density at radius 1 is 0.943 bits per heavy atom. The zero-order chi connectivity index (χ0) is 52.0. The molecular weight excluding hydrogens is 1060 g/mol. The number of likely N-dealkylation sites (N-methyl/N-ethyl adjacent to an activating group) is 2. The van der Waals surface area contributed by atoms with Gasteiger partial charge in [0.2, 0.25) is 41.9 Å². The van der Waals surface area contributed by atoms with Gasteiger partial charge in [-0.25, -0.2) is 0 Å². The van der Waals surface area contributed by atoms with Crippen molar-refractivity contribution in [2.24, 2.45) is 17.1 Å². The molecule has 1 aromatic rings. The van der Waals surface area contributed by atoms with E-state index in [1.807, 2.05) is 34.6 Å². The second-order valence-corrected chi connectivity index (χ2v) is 18.1. The van der Waals surface area contributed by atoms with E-state index in [1.165, 1.54) is 42.8 Å². The van der Waals surface area contributed by atoms with Gasteiger partial charge in [0.15, 0.2) is 0 Å². The first-order valence-corrected chi connectivity index (χ1v) is 24.2. The molecule has 8 amide bonds. The molecule has 0 radical (unpaired) electrons. The third-order valence-electron chi connectivity index (χ3n) is 11.1. The monoisotopic (exact) mass is 1140 g/mol. The first kappa shape index (κ1) is 71.3. The van der Waals surface area contributed by atoms with E-state index in [0.29, 0.717) is 54.2 Å². The molecule has 70 heavy (non-hydrogen) atoms. The smallest absolute Gasteiger partial charge is 0.382 e. The minimum Gasteiger partial charge on any atom is -0.382 e. The SMILES string of the molecule is C#CC1(C(=O)NC(C)CC)CC1.CCCCNC(C)=O.CCCN(C(=O)[CH-]CC(C)C)[C@@H](Cc1cc(Cl)ccc1Cl)C(=O)N(C)C(COC)C(=O)NCCCCC(C(N)=O)N(C)C(=O)CNC=O.[CH3-].[Cs+]. The molecule has 17 nitrogen and oxygen atoms in total. The summed E-state index contributed by atoms with van der Waals surface area (Å²) in [6.07, 6.45) is 14.5. The van der Waals surface area contributed by atoms with Crippen molar-refractivity contribution in [2.75, 3.05) is 54.0 Å². The van der Waals surface area contributed by atoms with Crippen LogP contribution in [-0.2, 0) is 49.5 Å². The first-order chi connectivity index (χ1) is 32.1. The summed E-state index contributed by atoms with van der Waals surface area (Å²) in [5.41, 5.74) is 5.64. The Hall–Kier alpha value is -3.00. The predicted molar refractivity (Wildman–Crippen MR) is 273 cm³/mol. The van der Waals surface area contributed by atoms with Crippen LogP contribution in [0.2, 0.25) is 10.0 Å². The molecule has 1 saturated carbocycles. The van der Waals surface area contributed by atoms with Crippen LogP contribution in [-0.4, -0.2) is 141 Å². The van der Waals surface area contributed by atoms with Crippen LogP contribution < -0.4 is 95.9 Å². The molecule has 6 N–H and O–H groups in total. The van der Waals surface area contributed by atoms with Crippen LogP contribution >= 0.6 is 23.2 Å². The number of primary amides is 1. The van der Waals surface area contributed by atoms with E-state index in [-0.39, 0.29) is 139 Å². The summed E-state index contributed by atoms with van der Waals surface area (Å²) in [5, 5.41) is 11.5. The molecule has 4 atom stereocenters. The third kappa shape index (κ3) is 27.7. The van der Waals surface area contributed by atoms with Gasteiger partial charge in [-0.2, -0.15) is 6.42 Å². The van der Waals surface area contributed by atoms with Crippen LogP contribution in [0.15, 0.2) is 18.2 Å². The van der Waals surface area contributed by atoms with Crippen LogP contribution in [0.25, 0.3) is 0 Å². The number of carbonyl (C=O) groups excluding carboxylic acids is 8. The van der Waals surface area contributed by atoms with E-state index in [4.69, 9.17) is 40.1 Å². The van der Waals surface area contributed by atoms with Crippen molar-refractivity contribution in [1.82, 2.24) is 36.0 Å². The number of nitrogens with one attached hydrogen (secondary N) is 4. The van der Waals surface area contributed by atoms with E-state index in [9.17, 15) is 38.4 Å². The second-order valence-electron chi connectivity index (χ2n) is 17.3. The van der Waals surface area contributed by atoms with E-state index in [0.717, 1.165) is 38.6 Å². The Morgan fingerprint density at radius 3 is 2.07 bits per heavy atom. The molecule has 1 aliphatic carbocycles. The van der Waals surface area contributed by atoms with Crippen LogP contribution in [0.5, 0.6) is 0 Å². The number of amides is 8. The molecule has 2 rings (SSSR count). The molecule has 0 bridgehead atoms. The average molecular weight is 1140 g/mol. The summed E-state index contributed by atoms with van der Waals surface area (Å²) in [6.45, 7) is 14.5. The van der Waals surface area contributed by atoms with Gasteiger partial charge in [-0.1, -0.05) is 76.1 Å². The van der Waals surface area contributed by atoms with Gasteiger partial charge in [-0.3, -0.25) is 33.6 Å². The van der Waals surface area contributed by atoms with E-state index in [1.54, 1.807) is 24.6 Å². The molecule has 3 unspecified atom stereocenters. The van der Waals surface area contributed by atoms with Gasteiger partial charge in [0.1, 0.15) is 23.5 Å². The Bertz CT molecular complexity index is 1810. The van der Waals surface area contributed by atoms with E-state index < -0.39 is 47.2 Å². The molecule has 392 valence electrons. The van der Waals surface area contributed by atoms with Crippen LogP contribution in [0.4, 0.5) is 0 Å². The topological polar surface area (TPSA) is 230 Å². The number of ether oxygens (including phenoxy) is 1. The van der Waals surface area contributed by atoms with Crippen LogP contribution in [0, 0.1) is 37.5 Å². The van der Waals surface area contributed by atoms with Gasteiger partial charge in [-0.05, 0) is 82.1 Å². The Kier molecular flexibility index (Phi) is 40.2. The number of carbonyl (C=O) groups is 8. The number of halogens is 2. The fourth-order valence-electron chi connectivity index (χ4n) is 6.48. The maximum absolute atomic E-state index is 14.2. The maximum atomic E-state index is 14.2. The van der Waals surface area contributed by atoms with Crippen molar-refractivity contribution < 1.29 is 112 Å². The summed E-state index contributed by atoms with van der Waals surface area (Å²) in [4.78, 5) is 101. The standard InChI is InChI=1S/C33H51Cl2N6O7.C10H15NO.C6H13NO.CH3.Cs/c1-7-16-41(29(43)14-11-22(2)3)27(18-23-17-24(34)12-13-25(23)35)33(47)40(5)28(20-48-6)32(46)38-15-9-8-10-26(31(36)45)39(4)30(44)19-37-21-42;1-4-8(3)11-9(12)10(5-2)6-7-10;1-3-4-5-7-6(2)8;;/h12-14,17,21-22,26-28H,7-11,15-16,18-20H2,1-6H3,(H2,36,45)(H,37,42)(H,38,46);2,8H,4,6-7H2,1,3H3,(H,11,12);3-5H2,1-2H3,(H,7,8);1H3;/q-1;;;-1;+1/t26?,27-,28?;;;;/m0..../s1. The molecule has 0 spiro atoms. The number of methoxy groups -OCH3 is 1. The van der Waals surface area contributed by atoms with E-state index >= 15 is 0 Å². The fourth-order valence-corrected chi connectivity index (χ4v) is 6.87. The molecule has 0 aromatic heterocycles. The summed E-state index contributed by atoms with van der Waals surface area (Å²) >= 11 is 12.7. The molecule has 0 aliphatic heterocycles. The second kappa shape index (κ2) is 39.5. The van der Waals surface area contributed by atoms with E-state index in [2.05, 4.69) is 34.1 Å². The number of benzene rings is 1. The maximum Gasteiger partial charge on any atom is 1.00 e. The number of nitrogens with zero attached hydrogens (tertiary/aromatic N) is 3. The molecular formula is C50H82Cl2CsN8O9-. The number of nitrogens with two attached hydrogens (primary N) is 1. The van der Waals surface area contributed by atoms with Gasteiger partial charge in [-0.15, -0.1) is 6.42 Å². The number of hydrogen-bond acceptors (Lipinski definition) is 9. The number of hydrogen-bond donors (Lipinski definition) is 5. The number of rotatable bonds is 29. The minimum absolute atomic E-state index is 0. The number of unbranched alkanes of at least 4 members (excludes halogenated alkanes) is 2. The quantitative estimate of drug-likeness (QED) is 0.0341. The van der Waals surface area contributed by atoms with Gasteiger partial charge in [0.25, 0.3) is 0 Å². The Balaban J connectivity index is -0.00000168. The molecule has 0 heterocycles. The number of terminal acetylenes is 1. The van der Waals surface area contributed by atoms with Crippen molar-refractivity contribution >= 4 is 71.0 Å². The predicted octanol–water partition coefficient (Wildman–Crippen LogP) is 1.90. The van der Waals surface area contributed by atoms with Crippen molar-refractivity contribution in [3.63, 3.8) is 0 Å². The fraction of sp³-hybridized carbons (Fsp3) is 0.640. The minimum atomic E-state index is -1.02. The van der Waals surface area contributed by atoms with Gasteiger partial charge in [0.05, 0.1) is 19.1 Å². The zero-order valence-corrected chi connectivity index (χ0v) is 51.8. The van der Waals surface area contributed by atoms with Crippen LogP contribution in [0.3, 0.4) is 0 Å². The van der Waals surface area contributed by atoms with Crippen LogP contribution in [0.1, 0.15) is 118 Å². The first-order valence-electron chi connectivity index (χ1n) is 23.5. The largest absolute Gasteiger partial charge is 1.00 e. The summed E-state index contributed by atoms with van der Waals surface area (Å²) < 4.78 is 5.32. The molecule has 1 aromatic carbocycles. The van der Waals surface area contributed by atoms with Crippen molar-refractivity contribution in [1.29, 1.82) is 0 Å². The summed E-state index contributed by atoms with van der Waals surface area (Å²) in [5.74, 6) is 0.536. The Labute approximate surface area is 488 Å². The summed E-state index contributed by atoms with van der Waals surface area (Å²) in [6, 6.07) is 2.28. The molecule has 0 saturated heterocycles. The Morgan fingerprint density at radius 2 is 1.57 bits per heavy atom.